The molecule has 0 bridgehead atoms. The van der Waals surface area contributed by atoms with Crippen LogP contribution >= 0.6 is 0 Å². The van der Waals surface area contributed by atoms with Gasteiger partial charge in [0.2, 0.25) is 11.8 Å². The molecule has 2 aromatic rings. The molecule has 15 heteroatoms. The number of amides is 2. The number of nitrogens with one attached hydrogen (secondary N) is 2. The number of ether oxygens (including phenoxy) is 2. The standard InChI is InChI=1S/C36H51N5O9S/c1-24(42)50-31(17-18-37)21-29(44)7-4-3-6-28(43)20-27(23-51(47,48)32-15-13-30(49-2)14-16-32)36(46)41-19-5-8-33(41)35(45)40-22-25-9-11-26(12-10-25)34(38)39/h9-16,27,29,31,33,44H,3-8,17-23,37H2,1-2H3,(H3,38,39)(H,40,45)/t27-,29?,31?,33-/m0/s1. The summed E-state index contributed by atoms with van der Waals surface area (Å²) < 4.78 is 37.4. The van der Waals surface area contributed by atoms with E-state index in [1.165, 1.54) is 43.2 Å². The van der Waals surface area contributed by atoms with Crippen molar-refractivity contribution < 1.29 is 42.2 Å². The predicted octanol–water partition coefficient (Wildman–Crippen LogP) is 2.23. The zero-order chi connectivity index (χ0) is 37.6. The van der Waals surface area contributed by atoms with Gasteiger partial charge in [-0.2, -0.15) is 0 Å². The molecular formula is C36H51N5O9S. The minimum absolute atomic E-state index is 0.0178. The molecule has 51 heavy (non-hydrogen) atoms. The molecule has 2 amide bonds. The molecule has 1 aliphatic rings. The number of carbonyl (C=O) groups excluding carboxylic acids is 4. The van der Waals surface area contributed by atoms with Crippen molar-refractivity contribution in [2.45, 2.75) is 94.4 Å². The number of hydrogen-bond acceptors (Lipinski definition) is 11. The van der Waals surface area contributed by atoms with Gasteiger partial charge in [-0.1, -0.05) is 30.7 Å². The number of nitrogens with two attached hydrogens (primary N) is 2. The van der Waals surface area contributed by atoms with Crippen LogP contribution in [0.5, 0.6) is 5.75 Å². The lowest BCUT2D eigenvalue weighted by Crippen LogP contribution is -2.49. The third kappa shape index (κ3) is 13.1. The fourth-order valence-electron chi connectivity index (χ4n) is 6.15. The molecule has 1 heterocycles. The van der Waals surface area contributed by atoms with Crippen molar-refractivity contribution in [3.63, 3.8) is 0 Å². The number of ketones is 1. The first kappa shape index (κ1) is 41.1. The van der Waals surface area contributed by atoms with E-state index in [4.69, 9.17) is 26.4 Å². The highest BCUT2D eigenvalue weighted by atomic mass is 32.2. The van der Waals surface area contributed by atoms with Gasteiger partial charge >= 0.3 is 5.97 Å². The first-order valence-corrected chi connectivity index (χ1v) is 18.8. The van der Waals surface area contributed by atoms with Crippen LogP contribution in [0, 0.1) is 11.3 Å². The number of aliphatic hydroxyl groups is 1. The van der Waals surface area contributed by atoms with Gasteiger partial charge < -0.3 is 36.3 Å². The topological polar surface area (TPSA) is 232 Å². The quantitative estimate of drug-likeness (QED) is 0.0541. The fourth-order valence-corrected chi connectivity index (χ4v) is 7.69. The van der Waals surface area contributed by atoms with Gasteiger partial charge in [0.15, 0.2) is 9.84 Å². The number of benzene rings is 2. The monoisotopic (exact) mass is 729 g/mol. The van der Waals surface area contributed by atoms with Crippen molar-refractivity contribution in [3.8, 4) is 5.75 Å². The molecule has 2 unspecified atom stereocenters. The summed E-state index contributed by atoms with van der Waals surface area (Å²) in [5.74, 6) is -3.17. The summed E-state index contributed by atoms with van der Waals surface area (Å²) in [6.07, 6.45) is 1.29. The van der Waals surface area contributed by atoms with Crippen molar-refractivity contribution in [2.24, 2.45) is 17.4 Å². The Balaban J connectivity index is 1.67. The van der Waals surface area contributed by atoms with Crippen molar-refractivity contribution in [1.82, 2.24) is 10.2 Å². The number of nitrogen functional groups attached to an aromatic ring is 1. The molecule has 3 rings (SSSR count). The molecular weight excluding hydrogens is 678 g/mol. The van der Waals surface area contributed by atoms with Crippen LogP contribution in [0.3, 0.4) is 0 Å². The highest BCUT2D eigenvalue weighted by Gasteiger charge is 2.39. The van der Waals surface area contributed by atoms with Crippen LogP contribution in [0.25, 0.3) is 0 Å². The SMILES string of the molecule is COc1ccc(S(=O)(=O)C[C@H](CC(=O)CCCCC(O)CC(CCN)OC(C)=O)C(=O)N2CCC[C@H]2C(=O)NCc2ccc(C(=N)N)cc2)cc1. The Morgan fingerprint density at radius 3 is 2.35 bits per heavy atom. The van der Waals surface area contributed by atoms with Crippen LogP contribution < -0.4 is 21.5 Å². The van der Waals surface area contributed by atoms with Crippen molar-refractivity contribution >= 4 is 39.2 Å². The normalized spacial score (nSPS) is 16.2. The molecule has 0 aromatic heterocycles. The lowest BCUT2D eigenvalue weighted by molar-refractivity contribution is -0.148. The maximum absolute atomic E-state index is 14.0. The molecule has 280 valence electrons. The molecule has 0 radical (unpaired) electrons. The van der Waals surface area contributed by atoms with E-state index in [-0.39, 0.29) is 54.8 Å². The predicted molar refractivity (Wildman–Crippen MR) is 191 cm³/mol. The number of methoxy groups -OCH3 is 1. The zero-order valence-electron chi connectivity index (χ0n) is 29.3. The van der Waals surface area contributed by atoms with Crippen molar-refractivity contribution in [3.05, 3.63) is 59.7 Å². The highest BCUT2D eigenvalue weighted by molar-refractivity contribution is 7.91. The van der Waals surface area contributed by atoms with Gasteiger partial charge in [0.05, 0.1) is 29.8 Å². The van der Waals surface area contributed by atoms with Crippen LogP contribution in [0.1, 0.15) is 75.8 Å². The Hall–Kier alpha value is -4.34. The van der Waals surface area contributed by atoms with E-state index >= 15 is 0 Å². The molecule has 2 aromatic carbocycles. The van der Waals surface area contributed by atoms with Crippen LogP contribution in [0.15, 0.2) is 53.4 Å². The summed E-state index contributed by atoms with van der Waals surface area (Å²) in [7, 11) is -2.56. The zero-order valence-corrected chi connectivity index (χ0v) is 30.2. The summed E-state index contributed by atoms with van der Waals surface area (Å²) in [6.45, 7) is 2.01. The number of aliphatic hydroxyl groups excluding tert-OH is 1. The number of Topliss-reactive ketones (excluding diaryl/α,β-unsaturated/α-hetero) is 1. The van der Waals surface area contributed by atoms with E-state index in [0.29, 0.717) is 56.4 Å². The van der Waals surface area contributed by atoms with E-state index in [0.717, 1.165) is 5.56 Å². The van der Waals surface area contributed by atoms with Gasteiger partial charge in [-0.3, -0.25) is 24.6 Å². The molecule has 7 N–H and O–H groups in total. The van der Waals surface area contributed by atoms with E-state index in [1.54, 1.807) is 24.3 Å². The van der Waals surface area contributed by atoms with Gasteiger partial charge in [-0.25, -0.2) is 8.42 Å². The summed E-state index contributed by atoms with van der Waals surface area (Å²) in [6, 6.07) is 11.8. The molecule has 1 aliphatic heterocycles. The van der Waals surface area contributed by atoms with E-state index in [9.17, 15) is 32.7 Å². The number of unbranched alkanes of at least 4 members (excludes halogenated alkanes) is 1. The van der Waals surface area contributed by atoms with Gasteiger partial charge in [-0.05, 0) is 68.5 Å². The summed E-state index contributed by atoms with van der Waals surface area (Å²) >= 11 is 0. The number of sulfone groups is 1. The van der Waals surface area contributed by atoms with E-state index < -0.39 is 51.6 Å². The third-order valence-electron chi connectivity index (χ3n) is 8.83. The number of rotatable bonds is 21. The smallest absolute Gasteiger partial charge is 0.302 e. The Morgan fingerprint density at radius 1 is 1.06 bits per heavy atom. The molecule has 0 spiro atoms. The lowest BCUT2D eigenvalue weighted by atomic mass is 9.97. The highest BCUT2D eigenvalue weighted by Crippen LogP contribution is 2.26. The van der Waals surface area contributed by atoms with Gasteiger partial charge in [0.25, 0.3) is 0 Å². The molecule has 1 fully saturated rings. The van der Waals surface area contributed by atoms with Crippen LogP contribution in [-0.4, -0.2) is 92.0 Å². The third-order valence-corrected chi connectivity index (χ3v) is 10.7. The van der Waals surface area contributed by atoms with Gasteiger partial charge in [0.1, 0.15) is 29.5 Å². The van der Waals surface area contributed by atoms with Crippen molar-refractivity contribution in [2.75, 3.05) is 26.0 Å². The number of carbonyl (C=O) groups is 4. The first-order valence-electron chi connectivity index (χ1n) is 17.2. The van der Waals surface area contributed by atoms with E-state index in [1.807, 2.05) is 0 Å². The van der Waals surface area contributed by atoms with Gasteiger partial charge in [-0.15, -0.1) is 0 Å². The van der Waals surface area contributed by atoms with Crippen LogP contribution in [0.4, 0.5) is 0 Å². The number of esters is 1. The van der Waals surface area contributed by atoms with Crippen molar-refractivity contribution in [1.29, 1.82) is 5.41 Å². The molecule has 0 saturated carbocycles. The average molecular weight is 730 g/mol. The minimum atomic E-state index is -4.02. The van der Waals surface area contributed by atoms with Crippen LogP contribution in [-0.2, 0) is 40.3 Å². The van der Waals surface area contributed by atoms with Gasteiger partial charge in [0, 0.05) is 44.8 Å². The minimum Gasteiger partial charge on any atom is -0.497 e. The maximum atomic E-state index is 14.0. The molecule has 14 nitrogen and oxygen atoms in total. The Morgan fingerprint density at radius 2 is 1.75 bits per heavy atom. The number of nitrogens with zero attached hydrogens (tertiary/aromatic N) is 1. The van der Waals surface area contributed by atoms with Crippen LogP contribution in [0.2, 0.25) is 0 Å². The summed E-state index contributed by atoms with van der Waals surface area (Å²) in [4.78, 5) is 53.3. The number of likely N-dealkylation sites (tertiary alicyclic amines) is 1. The summed E-state index contributed by atoms with van der Waals surface area (Å²) in [5.41, 5.74) is 12.4. The average Bonchev–Trinajstić information content (AvgIpc) is 3.59. The second kappa shape index (κ2) is 19.9. The molecule has 0 aliphatic carbocycles. The summed E-state index contributed by atoms with van der Waals surface area (Å²) in [5, 5.41) is 20.8. The second-order valence-corrected chi connectivity index (χ2v) is 14.9. The first-order chi connectivity index (χ1) is 24.2. The number of amidine groups is 1. The second-order valence-electron chi connectivity index (χ2n) is 12.9. The number of hydrogen-bond donors (Lipinski definition) is 5. The Kier molecular flexibility index (Phi) is 16.0. The Bertz CT molecular complexity index is 1600. The fraction of sp³-hybridized carbons (Fsp3) is 0.528. The largest absolute Gasteiger partial charge is 0.497 e. The molecule has 1 saturated heterocycles. The lowest BCUT2D eigenvalue weighted by Gasteiger charge is -2.28. The van der Waals surface area contributed by atoms with E-state index in [2.05, 4.69) is 5.32 Å². The maximum Gasteiger partial charge on any atom is 0.302 e. The molecule has 4 atom stereocenters. The Labute approximate surface area is 299 Å².